The van der Waals surface area contributed by atoms with Crippen molar-refractivity contribution >= 4 is 17.6 Å². The van der Waals surface area contributed by atoms with Gasteiger partial charge in [-0.25, -0.2) is 18.7 Å². The molecule has 1 aromatic carbocycles. The van der Waals surface area contributed by atoms with Crippen LogP contribution in [0.2, 0.25) is 0 Å². The number of methoxy groups -OCH3 is 2. The lowest BCUT2D eigenvalue weighted by Gasteiger charge is -2.31. The van der Waals surface area contributed by atoms with Gasteiger partial charge in [0, 0.05) is 6.07 Å². The summed E-state index contributed by atoms with van der Waals surface area (Å²) in [5.41, 5.74) is 0.996. The van der Waals surface area contributed by atoms with Gasteiger partial charge in [-0.1, -0.05) is 5.21 Å². The quantitative estimate of drug-likeness (QED) is 0.733. The number of carbonyl (C=O) groups is 2. The molecule has 0 N–H and O–H groups in total. The second-order valence-electron chi connectivity index (χ2n) is 5.66. The number of benzene rings is 1. The van der Waals surface area contributed by atoms with E-state index in [-0.39, 0.29) is 30.3 Å². The number of halogens is 1. The average molecular weight is 376 g/mol. The molecule has 0 aliphatic carbocycles. The number of aromatic nitrogens is 3. The minimum Gasteiger partial charge on any atom is -0.466 e. The molecule has 0 radical (unpaired) electrons. The van der Waals surface area contributed by atoms with Crippen LogP contribution >= 0.6 is 0 Å². The van der Waals surface area contributed by atoms with E-state index in [4.69, 9.17) is 9.47 Å². The van der Waals surface area contributed by atoms with Crippen LogP contribution in [0.5, 0.6) is 0 Å². The van der Waals surface area contributed by atoms with Crippen molar-refractivity contribution < 1.29 is 28.2 Å². The van der Waals surface area contributed by atoms with Crippen LogP contribution < -0.4 is 4.90 Å². The molecule has 0 saturated carbocycles. The Morgan fingerprint density at radius 3 is 2.56 bits per heavy atom. The minimum absolute atomic E-state index is 0.0390. The highest BCUT2D eigenvalue weighted by Gasteiger charge is 2.33. The molecule has 27 heavy (non-hydrogen) atoms. The molecule has 2 aromatic rings. The normalized spacial score (nSPS) is 14.3. The molecule has 0 spiro atoms. The third kappa shape index (κ3) is 3.51. The lowest BCUT2D eigenvalue weighted by Crippen LogP contribution is -2.39. The van der Waals surface area contributed by atoms with E-state index in [0.29, 0.717) is 11.4 Å². The molecule has 9 nitrogen and oxygen atoms in total. The monoisotopic (exact) mass is 376 g/mol. The fourth-order valence-electron chi connectivity index (χ4n) is 2.66. The Bertz CT molecular complexity index is 924. The van der Waals surface area contributed by atoms with Crippen molar-refractivity contribution in [1.29, 1.82) is 0 Å². The zero-order valence-electron chi connectivity index (χ0n) is 14.9. The molecule has 142 valence electrons. The van der Waals surface area contributed by atoms with Crippen LogP contribution in [-0.4, -0.2) is 54.5 Å². The molecule has 0 saturated heterocycles. The summed E-state index contributed by atoms with van der Waals surface area (Å²) in [4.78, 5) is 25.5. The van der Waals surface area contributed by atoms with E-state index >= 15 is 0 Å². The number of hydrogen-bond donors (Lipinski definition) is 0. The number of hydrogen-bond acceptors (Lipinski definition) is 8. The van der Waals surface area contributed by atoms with Gasteiger partial charge in [0.15, 0.2) is 0 Å². The highest BCUT2D eigenvalue weighted by molar-refractivity contribution is 6.03. The van der Waals surface area contributed by atoms with Crippen LogP contribution in [0, 0.1) is 12.7 Å². The van der Waals surface area contributed by atoms with Gasteiger partial charge in [-0.3, -0.25) is 0 Å². The first-order chi connectivity index (χ1) is 13.0. The minimum atomic E-state index is -0.797. The highest BCUT2D eigenvalue weighted by Crippen LogP contribution is 2.30. The van der Waals surface area contributed by atoms with E-state index < -0.39 is 17.8 Å². The predicted molar refractivity (Wildman–Crippen MR) is 90.4 cm³/mol. The SMILES string of the molecule is COC(=O)C1=C(C(=O)OC)N(c2ccc(-n3cc(C)nn3)cc2F)COC1. The Morgan fingerprint density at radius 2 is 1.96 bits per heavy atom. The Labute approximate surface area is 153 Å². The second-order valence-corrected chi connectivity index (χ2v) is 5.66. The Morgan fingerprint density at radius 1 is 1.22 bits per heavy atom. The summed E-state index contributed by atoms with van der Waals surface area (Å²) in [6, 6.07) is 4.30. The average Bonchev–Trinajstić information content (AvgIpc) is 3.12. The van der Waals surface area contributed by atoms with Gasteiger partial charge in [-0.2, -0.15) is 0 Å². The molecule has 1 aromatic heterocycles. The molecule has 0 bridgehead atoms. The van der Waals surface area contributed by atoms with Gasteiger partial charge in [0.05, 0.1) is 49.7 Å². The van der Waals surface area contributed by atoms with Crippen molar-refractivity contribution in [2.45, 2.75) is 6.92 Å². The number of aryl methyl sites for hydroxylation is 1. The van der Waals surface area contributed by atoms with Crippen LogP contribution in [0.4, 0.5) is 10.1 Å². The zero-order chi connectivity index (χ0) is 19.6. The van der Waals surface area contributed by atoms with E-state index in [1.54, 1.807) is 19.2 Å². The molecular weight excluding hydrogens is 359 g/mol. The summed E-state index contributed by atoms with van der Waals surface area (Å²) >= 11 is 0. The van der Waals surface area contributed by atoms with Crippen molar-refractivity contribution in [2.75, 3.05) is 32.5 Å². The molecule has 1 aliphatic rings. The molecule has 3 rings (SSSR count). The lowest BCUT2D eigenvalue weighted by atomic mass is 10.1. The Hall–Kier alpha value is -3.27. The number of nitrogens with zero attached hydrogens (tertiary/aromatic N) is 4. The van der Waals surface area contributed by atoms with E-state index in [1.807, 2.05) is 0 Å². The van der Waals surface area contributed by atoms with Crippen LogP contribution in [-0.2, 0) is 23.8 Å². The predicted octanol–water partition coefficient (Wildman–Crippen LogP) is 1.11. The highest BCUT2D eigenvalue weighted by atomic mass is 19.1. The molecular formula is C17H17FN4O5. The Kier molecular flexibility index (Phi) is 5.17. The molecule has 0 unspecified atom stereocenters. The van der Waals surface area contributed by atoms with Gasteiger partial charge in [0.25, 0.3) is 0 Å². The molecule has 0 atom stereocenters. The number of anilines is 1. The first kappa shape index (κ1) is 18.5. The molecule has 10 heteroatoms. The third-order valence-electron chi connectivity index (χ3n) is 3.93. The van der Waals surface area contributed by atoms with E-state index in [1.165, 1.54) is 35.9 Å². The summed E-state index contributed by atoms with van der Waals surface area (Å²) < 4.78 is 31.0. The number of carbonyl (C=O) groups excluding carboxylic acids is 2. The molecule has 1 aliphatic heterocycles. The third-order valence-corrected chi connectivity index (χ3v) is 3.93. The summed E-state index contributed by atoms with van der Waals surface area (Å²) in [5, 5.41) is 7.75. The van der Waals surface area contributed by atoms with Crippen LogP contribution in [0.25, 0.3) is 5.69 Å². The smallest absolute Gasteiger partial charge is 0.355 e. The second kappa shape index (κ2) is 7.54. The molecule has 0 fully saturated rings. The van der Waals surface area contributed by atoms with Crippen LogP contribution in [0.3, 0.4) is 0 Å². The number of esters is 2. The van der Waals surface area contributed by atoms with E-state index in [2.05, 4.69) is 15.0 Å². The summed E-state index contributed by atoms with van der Waals surface area (Å²) in [5.74, 6) is -2.19. The Balaban J connectivity index is 2.05. The van der Waals surface area contributed by atoms with Crippen molar-refractivity contribution in [1.82, 2.24) is 15.0 Å². The fourth-order valence-corrected chi connectivity index (χ4v) is 2.66. The van der Waals surface area contributed by atoms with Gasteiger partial charge in [0.1, 0.15) is 18.2 Å². The summed E-state index contributed by atoms with van der Waals surface area (Å²) in [6.07, 6.45) is 1.65. The number of rotatable bonds is 4. The van der Waals surface area contributed by atoms with Crippen LogP contribution in [0.15, 0.2) is 35.7 Å². The topological polar surface area (TPSA) is 95.8 Å². The van der Waals surface area contributed by atoms with Gasteiger partial charge < -0.3 is 19.1 Å². The lowest BCUT2D eigenvalue weighted by molar-refractivity contribution is -0.140. The van der Waals surface area contributed by atoms with Gasteiger partial charge >= 0.3 is 11.9 Å². The summed E-state index contributed by atoms with van der Waals surface area (Å²) in [6.45, 7) is 1.48. The van der Waals surface area contributed by atoms with E-state index in [9.17, 15) is 14.0 Å². The maximum absolute atomic E-state index is 14.8. The molecule has 0 amide bonds. The first-order valence-corrected chi connectivity index (χ1v) is 7.90. The van der Waals surface area contributed by atoms with Gasteiger partial charge in [-0.15, -0.1) is 5.10 Å². The van der Waals surface area contributed by atoms with Crippen molar-refractivity contribution in [3.05, 3.63) is 47.2 Å². The molecule has 2 heterocycles. The van der Waals surface area contributed by atoms with Gasteiger partial charge in [-0.05, 0) is 19.1 Å². The fraction of sp³-hybridized carbons (Fsp3) is 0.294. The largest absolute Gasteiger partial charge is 0.466 e. The van der Waals surface area contributed by atoms with E-state index in [0.717, 1.165) is 0 Å². The zero-order valence-corrected chi connectivity index (χ0v) is 14.9. The number of ether oxygens (including phenoxy) is 3. The van der Waals surface area contributed by atoms with Crippen molar-refractivity contribution in [3.63, 3.8) is 0 Å². The van der Waals surface area contributed by atoms with Crippen LogP contribution in [0.1, 0.15) is 5.69 Å². The van der Waals surface area contributed by atoms with Crippen molar-refractivity contribution in [3.8, 4) is 5.69 Å². The first-order valence-electron chi connectivity index (χ1n) is 7.90. The maximum atomic E-state index is 14.8. The standard InChI is InChI=1S/C17H17FN4O5/c1-10-7-22(20-19-10)11-4-5-14(13(18)6-11)21-9-27-8-12(16(23)25-2)15(21)17(24)26-3/h4-7H,8-9H2,1-3H3. The maximum Gasteiger partial charge on any atom is 0.355 e. The summed E-state index contributed by atoms with van der Waals surface area (Å²) in [7, 11) is 2.35. The van der Waals surface area contributed by atoms with Crippen molar-refractivity contribution in [2.24, 2.45) is 0 Å². The van der Waals surface area contributed by atoms with Gasteiger partial charge in [0.2, 0.25) is 0 Å².